The van der Waals surface area contributed by atoms with Crippen molar-refractivity contribution in [3.63, 3.8) is 0 Å². The molecule has 22 heavy (non-hydrogen) atoms. The van der Waals surface area contributed by atoms with E-state index in [4.69, 9.17) is 14.0 Å². The molecule has 0 radical (unpaired) electrons. The molecule has 0 unspecified atom stereocenters. The lowest BCUT2D eigenvalue weighted by Gasteiger charge is -2.22. The zero-order valence-corrected chi connectivity index (χ0v) is 13.2. The molecule has 0 atom stereocenters. The molecule has 1 saturated carbocycles. The average Bonchev–Trinajstić information content (AvgIpc) is 3.17. The molecule has 1 fully saturated rings. The predicted molar refractivity (Wildman–Crippen MR) is 80.4 cm³/mol. The fourth-order valence-electron chi connectivity index (χ4n) is 2.81. The highest BCUT2D eigenvalue weighted by Gasteiger charge is 2.40. The predicted octanol–water partition coefficient (Wildman–Crippen LogP) is 3.33. The van der Waals surface area contributed by atoms with Crippen LogP contribution in [-0.2, 0) is 10.3 Å². The molecule has 2 aromatic heterocycles. The summed E-state index contributed by atoms with van der Waals surface area (Å²) in [5, 5.41) is 4.12. The van der Waals surface area contributed by atoms with Crippen LogP contribution in [0.15, 0.2) is 22.9 Å². The summed E-state index contributed by atoms with van der Waals surface area (Å²) in [5.41, 5.74) is 0.384. The minimum atomic E-state index is -0.393. The molecule has 6 heteroatoms. The van der Waals surface area contributed by atoms with E-state index in [-0.39, 0.29) is 6.10 Å². The summed E-state index contributed by atoms with van der Waals surface area (Å²) in [5.74, 6) is 1.68. The van der Waals surface area contributed by atoms with E-state index < -0.39 is 5.60 Å². The highest BCUT2D eigenvalue weighted by Crippen LogP contribution is 2.40. The molecule has 3 rings (SSSR count). The van der Waals surface area contributed by atoms with Crippen molar-refractivity contribution in [2.24, 2.45) is 0 Å². The van der Waals surface area contributed by atoms with Crippen molar-refractivity contribution < 1.29 is 14.0 Å². The van der Waals surface area contributed by atoms with Crippen LogP contribution in [0.4, 0.5) is 0 Å². The van der Waals surface area contributed by atoms with Crippen LogP contribution in [-0.4, -0.2) is 28.3 Å². The normalized spacial score (nSPS) is 17.1. The summed E-state index contributed by atoms with van der Waals surface area (Å²) in [6, 6.07) is 3.68. The third-order valence-corrected chi connectivity index (χ3v) is 3.98. The first kappa shape index (κ1) is 15.0. The first-order chi connectivity index (χ1) is 10.6. The highest BCUT2D eigenvalue weighted by atomic mass is 16.5. The van der Waals surface area contributed by atoms with Crippen molar-refractivity contribution in [3.05, 3.63) is 24.2 Å². The Morgan fingerprint density at radius 1 is 1.23 bits per heavy atom. The Morgan fingerprint density at radius 2 is 2.00 bits per heavy atom. The van der Waals surface area contributed by atoms with Gasteiger partial charge in [0.05, 0.1) is 11.7 Å². The molecule has 0 bridgehead atoms. The van der Waals surface area contributed by atoms with Gasteiger partial charge in [0.2, 0.25) is 11.7 Å². The number of nitrogens with zero attached hydrogens (tertiary/aromatic N) is 3. The van der Waals surface area contributed by atoms with Crippen LogP contribution in [0, 0.1) is 0 Å². The topological polar surface area (TPSA) is 70.3 Å². The third kappa shape index (κ3) is 2.83. The Hall–Kier alpha value is -1.95. The number of methoxy groups -OCH3 is 1. The molecule has 118 valence electrons. The molecule has 2 aromatic rings. The van der Waals surface area contributed by atoms with Gasteiger partial charge in [-0.3, -0.25) is 0 Å². The molecule has 0 aliphatic heterocycles. The number of rotatable bonds is 5. The first-order valence-corrected chi connectivity index (χ1v) is 7.65. The molecule has 0 amide bonds. The Kier molecular flexibility index (Phi) is 4.11. The van der Waals surface area contributed by atoms with Gasteiger partial charge < -0.3 is 14.0 Å². The fraction of sp³-hybridized carbons (Fsp3) is 0.562. The second kappa shape index (κ2) is 6.04. The summed E-state index contributed by atoms with van der Waals surface area (Å²) >= 11 is 0. The standard InChI is InChI=1S/C16H21N3O3/c1-11(2)21-13-7-6-12(10-17-13)14-18-15(19-22-14)16(20-3)8-4-5-9-16/h6-7,10-11H,4-5,8-9H2,1-3H3. The van der Waals surface area contributed by atoms with Gasteiger partial charge in [-0.1, -0.05) is 5.16 Å². The minimum absolute atomic E-state index is 0.0947. The molecule has 6 nitrogen and oxygen atoms in total. The van der Waals surface area contributed by atoms with Crippen LogP contribution in [0.3, 0.4) is 0 Å². The first-order valence-electron chi connectivity index (χ1n) is 7.65. The van der Waals surface area contributed by atoms with E-state index in [2.05, 4.69) is 15.1 Å². The van der Waals surface area contributed by atoms with Gasteiger partial charge in [0.15, 0.2) is 0 Å². The van der Waals surface area contributed by atoms with E-state index in [1.165, 1.54) is 0 Å². The molecule has 0 spiro atoms. The van der Waals surface area contributed by atoms with Crippen LogP contribution in [0.25, 0.3) is 11.5 Å². The molecule has 2 heterocycles. The summed E-state index contributed by atoms with van der Waals surface area (Å²) in [6.45, 7) is 3.93. The maximum absolute atomic E-state index is 5.68. The Morgan fingerprint density at radius 3 is 2.59 bits per heavy atom. The molecule has 0 aromatic carbocycles. The molecular weight excluding hydrogens is 282 g/mol. The lowest BCUT2D eigenvalue weighted by Crippen LogP contribution is -2.25. The number of hydrogen-bond acceptors (Lipinski definition) is 6. The summed E-state index contributed by atoms with van der Waals surface area (Å²) in [6.07, 6.45) is 5.89. The number of pyridine rings is 1. The highest BCUT2D eigenvalue weighted by molar-refractivity contribution is 5.51. The van der Waals surface area contributed by atoms with E-state index in [1.54, 1.807) is 19.4 Å². The number of hydrogen-bond donors (Lipinski definition) is 0. The largest absolute Gasteiger partial charge is 0.475 e. The Balaban J connectivity index is 1.81. The van der Waals surface area contributed by atoms with Crippen LogP contribution >= 0.6 is 0 Å². The number of aromatic nitrogens is 3. The van der Waals surface area contributed by atoms with Gasteiger partial charge in [-0.05, 0) is 45.6 Å². The van der Waals surface area contributed by atoms with Gasteiger partial charge >= 0.3 is 0 Å². The van der Waals surface area contributed by atoms with Gasteiger partial charge in [0, 0.05) is 19.4 Å². The van der Waals surface area contributed by atoms with Crippen LogP contribution in [0.1, 0.15) is 45.4 Å². The minimum Gasteiger partial charge on any atom is -0.475 e. The monoisotopic (exact) mass is 303 g/mol. The summed E-state index contributed by atoms with van der Waals surface area (Å²) in [4.78, 5) is 8.77. The van der Waals surface area contributed by atoms with Gasteiger partial charge in [0.25, 0.3) is 5.89 Å². The second-order valence-corrected chi connectivity index (χ2v) is 5.88. The van der Waals surface area contributed by atoms with Gasteiger partial charge in [-0.15, -0.1) is 0 Å². The van der Waals surface area contributed by atoms with E-state index in [0.29, 0.717) is 17.6 Å². The van der Waals surface area contributed by atoms with Crippen molar-refractivity contribution in [1.29, 1.82) is 0 Å². The van der Waals surface area contributed by atoms with Crippen molar-refractivity contribution in [1.82, 2.24) is 15.1 Å². The third-order valence-electron chi connectivity index (χ3n) is 3.98. The quantitative estimate of drug-likeness (QED) is 0.843. The van der Waals surface area contributed by atoms with Gasteiger partial charge in [0.1, 0.15) is 5.60 Å². The lowest BCUT2D eigenvalue weighted by atomic mass is 10.0. The van der Waals surface area contributed by atoms with Crippen LogP contribution in [0.2, 0.25) is 0 Å². The molecule has 0 N–H and O–H groups in total. The smallest absolute Gasteiger partial charge is 0.259 e. The van der Waals surface area contributed by atoms with Crippen LogP contribution < -0.4 is 4.74 Å². The maximum Gasteiger partial charge on any atom is 0.259 e. The zero-order chi connectivity index (χ0) is 15.6. The molecular formula is C16H21N3O3. The van der Waals surface area contributed by atoms with Gasteiger partial charge in [-0.2, -0.15) is 4.98 Å². The van der Waals surface area contributed by atoms with Crippen molar-refractivity contribution in [2.45, 2.75) is 51.2 Å². The molecule has 0 saturated heterocycles. The van der Waals surface area contributed by atoms with E-state index >= 15 is 0 Å². The van der Waals surface area contributed by atoms with Crippen molar-refractivity contribution >= 4 is 0 Å². The van der Waals surface area contributed by atoms with Crippen LogP contribution in [0.5, 0.6) is 5.88 Å². The lowest BCUT2D eigenvalue weighted by molar-refractivity contribution is -0.0178. The Labute approximate surface area is 129 Å². The van der Waals surface area contributed by atoms with Crippen molar-refractivity contribution in [2.75, 3.05) is 7.11 Å². The average molecular weight is 303 g/mol. The molecule has 1 aliphatic rings. The van der Waals surface area contributed by atoms with E-state index in [9.17, 15) is 0 Å². The maximum atomic E-state index is 5.68. The Bertz CT molecular complexity index is 616. The summed E-state index contributed by atoms with van der Waals surface area (Å²) in [7, 11) is 1.71. The van der Waals surface area contributed by atoms with Crippen molar-refractivity contribution in [3.8, 4) is 17.3 Å². The van der Waals surface area contributed by atoms with Gasteiger partial charge in [-0.25, -0.2) is 4.98 Å². The molecule has 1 aliphatic carbocycles. The van der Waals surface area contributed by atoms with E-state index in [1.807, 2.05) is 19.9 Å². The zero-order valence-electron chi connectivity index (χ0n) is 13.2. The second-order valence-electron chi connectivity index (χ2n) is 5.88. The summed E-state index contributed by atoms with van der Waals surface area (Å²) < 4.78 is 16.6. The fourth-order valence-corrected chi connectivity index (χ4v) is 2.81. The van der Waals surface area contributed by atoms with E-state index in [0.717, 1.165) is 31.2 Å². The SMILES string of the molecule is COC1(c2noc(-c3ccc(OC(C)C)nc3)n2)CCCC1. The number of ether oxygens (including phenoxy) is 2.